The van der Waals surface area contributed by atoms with Crippen LogP contribution in [0.2, 0.25) is 0 Å². The highest BCUT2D eigenvalue weighted by Gasteiger charge is 2.17. The zero-order chi connectivity index (χ0) is 14.5. The second kappa shape index (κ2) is 7.32. The molecule has 3 nitrogen and oxygen atoms in total. The van der Waals surface area contributed by atoms with Crippen molar-refractivity contribution in [1.29, 1.82) is 0 Å². The van der Waals surface area contributed by atoms with Crippen molar-refractivity contribution in [3.63, 3.8) is 0 Å². The lowest BCUT2D eigenvalue weighted by atomic mass is 10.2. The van der Waals surface area contributed by atoms with Crippen molar-refractivity contribution in [2.75, 3.05) is 43.9 Å². The Kier molecular flexibility index (Phi) is 5.73. The number of rotatable bonds is 5. The van der Waals surface area contributed by atoms with Gasteiger partial charge in [-0.15, -0.1) is 0 Å². The van der Waals surface area contributed by atoms with Crippen molar-refractivity contribution in [2.45, 2.75) is 32.4 Å². The summed E-state index contributed by atoms with van der Waals surface area (Å²) in [5.74, 6) is 0. The first-order valence-corrected chi connectivity index (χ1v) is 8.82. The number of nitrogens with zero attached hydrogens (tertiary/aromatic N) is 3. The molecule has 1 aliphatic rings. The molecule has 4 heteroatoms. The van der Waals surface area contributed by atoms with Crippen LogP contribution in [0, 0.1) is 13.8 Å². The Labute approximate surface area is 127 Å². The van der Waals surface area contributed by atoms with Crippen LogP contribution in [0.3, 0.4) is 0 Å². The summed E-state index contributed by atoms with van der Waals surface area (Å²) < 4.78 is 0. The maximum Gasteiger partial charge on any atom is 0.0403 e. The van der Waals surface area contributed by atoms with Gasteiger partial charge in [0.15, 0.2) is 0 Å². The van der Waals surface area contributed by atoms with Gasteiger partial charge in [0.25, 0.3) is 0 Å². The summed E-state index contributed by atoms with van der Waals surface area (Å²) in [5, 5.41) is 0.776. The van der Waals surface area contributed by atoms with Gasteiger partial charge < -0.3 is 4.90 Å². The van der Waals surface area contributed by atoms with Crippen molar-refractivity contribution in [3.8, 4) is 0 Å². The molecule has 1 unspecified atom stereocenters. The molecule has 2 heterocycles. The minimum Gasteiger partial charge on any atom is -0.369 e. The molecule has 1 fully saturated rings. The molecular weight excluding hydrogens is 266 g/mol. The van der Waals surface area contributed by atoms with Gasteiger partial charge in [-0.1, -0.05) is 6.92 Å². The normalized spacial score (nSPS) is 18.3. The summed E-state index contributed by atoms with van der Waals surface area (Å²) in [5.41, 5.74) is 3.58. The van der Waals surface area contributed by atoms with Crippen molar-refractivity contribution < 1.29 is 0 Å². The fraction of sp³-hybridized carbons (Fsp3) is 0.688. The van der Waals surface area contributed by atoms with Gasteiger partial charge in [0.05, 0.1) is 0 Å². The highest BCUT2D eigenvalue weighted by molar-refractivity contribution is 7.99. The van der Waals surface area contributed by atoms with Crippen LogP contribution in [-0.4, -0.2) is 54.1 Å². The van der Waals surface area contributed by atoms with Crippen LogP contribution in [-0.2, 0) is 0 Å². The van der Waals surface area contributed by atoms with Gasteiger partial charge in [0.1, 0.15) is 0 Å². The smallest absolute Gasteiger partial charge is 0.0403 e. The Bertz CT molecular complexity index is 407. The number of aryl methyl sites for hydroxylation is 2. The van der Waals surface area contributed by atoms with E-state index in [0.717, 1.165) is 29.7 Å². The van der Waals surface area contributed by atoms with E-state index in [4.69, 9.17) is 0 Å². The van der Waals surface area contributed by atoms with E-state index in [9.17, 15) is 0 Å². The Morgan fingerprint density at radius 1 is 1.15 bits per heavy atom. The molecular formula is C16H27N3S. The molecule has 1 saturated heterocycles. The Balaban J connectivity index is 1.84. The summed E-state index contributed by atoms with van der Waals surface area (Å²) in [6.45, 7) is 12.4. The molecule has 1 aliphatic heterocycles. The first kappa shape index (κ1) is 15.6. The van der Waals surface area contributed by atoms with E-state index in [-0.39, 0.29) is 0 Å². The highest BCUT2D eigenvalue weighted by Crippen LogP contribution is 2.19. The average Bonchev–Trinajstić information content (AvgIpc) is 2.44. The third-order valence-corrected chi connectivity index (χ3v) is 5.10. The summed E-state index contributed by atoms with van der Waals surface area (Å²) in [7, 11) is 0. The van der Waals surface area contributed by atoms with Crippen molar-refractivity contribution in [1.82, 2.24) is 9.88 Å². The summed E-state index contributed by atoms with van der Waals surface area (Å²) in [4.78, 5) is 9.56. The second-order valence-electron chi connectivity index (χ2n) is 5.77. The van der Waals surface area contributed by atoms with Crippen LogP contribution >= 0.6 is 11.8 Å². The number of hydrogen-bond acceptors (Lipinski definition) is 4. The topological polar surface area (TPSA) is 19.4 Å². The number of hydrogen-bond donors (Lipinski definition) is 0. The zero-order valence-corrected chi connectivity index (χ0v) is 14.0. The van der Waals surface area contributed by atoms with Crippen molar-refractivity contribution in [2.24, 2.45) is 0 Å². The van der Waals surface area contributed by atoms with Crippen LogP contribution in [0.25, 0.3) is 0 Å². The standard InChI is InChI=1S/C16H27N3S/c1-13-11-16(12-14(2)17-13)19-9-7-18(8-10-19)6-5-15(3)20-4/h11-12,15H,5-10H2,1-4H3. The molecule has 0 radical (unpaired) electrons. The molecule has 1 aromatic heterocycles. The predicted octanol–water partition coefficient (Wildman–Crippen LogP) is 2.96. The third-order valence-electron chi connectivity index (χ3n) is 4.06. The molecule has 2 rings (SSSR count). The third kappa shape index (κ3) is 4.38. The van der Waals surface area contributed by atoms with Crippen molar-refractivity contribution in [3.05, 3.63) is 23.5 Å². The van der Waals surface area contributed by atoms with E-state index in [0.29, 0.717) is 0 Å². The first-order valence-electron chi connectivity index (χ1n) is 7.54. The molecule has 0 aliphatic carbocycles. The summed E-state index contributed by atoms with van der Waals surface area (Å²) in [6.07, 6.45) is 3.51. The molecule has 20 heavy (non-hydrogen) atoms. The van der Waals surface area contributed by atoms with E-state index in [1.165, 1.54) is 31.7 Å². The monoisotopic (exact) mass is 293 g/mol. The van der Waals surface area contributed by atoms with Crippen LogP contribution in [0.1, 0.15) is 24.7 Å². The lowest BCUT2D eigenvalue weighted by Crippen LogP contribution is -2.47. The van der Waals surface area contributed by atoms with Gasteiger partial charge in [-0.25, -0.2) is 0 Å². The fourth-order valence-corrected chi connectivity index (χ4v) is 3.05. The molecule has 0 saturated carbocycles. The van der Waals surface area contributed by atoms with Gasteiger partial charge >= 0.3 is 0 Å². The first-order chi connectivity index (χ1) is 9.58. The summed E-state index contributed by atoms with van der Waals surface area (Å²) in [6, 6.07) is 4.41. The average molecular weight is 293 g/mol. The minimum absolute atomic E-state index is 0.776. The Hall–Kier alpha value is -0.740. The number of pyridine rings is 1. The molecule has 1 aromatic rings. The number of piperazine rings is 1. The fourth-order valence-electron chi connectivity index (χ4n) is 2.71. The van der Waals surface area contributed by atoms with Gasteiger partial charge in [-0.3, -0.25) is 9.88 Å². The molecule has 1 atom stereocenters. The second-order valence-corrected chi connectivity index (χ2v) is 7.05. The maximum absolute atomic E-state index is 4.46. The highest BCUT2D eigenvalue weighted by atomic mass is 32.2. The zero-order valence-electron chi connectivity index (χ0n) is 13.2. The predicted molar refractivity (Wildman–Crippen MR) is 90.0 cm³/mol. The number of thioether (sulfide) groups is 1. The van der Waals surface area contributed by atoms with E-state index in [2.05, 4.69) is 53.9 Å². The van der Waals surface area contributed by atoms with Gasteiger partial charge in [-0.05, 0) is 45.2 Å². The maximum atomic E-state index is 4.46. The van der Waals surface area contributed by atoms with E-state index in [1.54, 1.807) is 0 Å². The van der Waals surface area contributed by atoms with E-state index >= 15 is 0 Å². The number of aromatic nitrogens is 1. The van der Waals surface area contributed by atoms with Crippen LogP contribution in [0.15, 0.2) is 12.1 Å². The Morgan fingerprint density at radius 2 is 1.75 bits per heavy atom. The lowest BCUT2D eigenvalue weighted by molar-refractivity contribution is 0.255. The molecule has 0 bridgehead atoms. The lowest BCUT2D eigenvalue weighted by Gasteiger charge is -2.36. The van der Waals surface area contributed by atoms with Crippen LogP contribution in [0.5, 0.6) is 0 Å². The minimum atomic E-state index is 0.776. The SMILES string of the molecule is CSC(C)CCN1CCN(c2cc(C)nc(C)c2)CC1. The number of anilines is 1. The quantitative estimate of drug-likeness (QED) is 0.831. The van der Waals surface area contributed by atoms with Gasteiger partial charge in [0.2, 0.25) is 0 Å². The molecule has 0 amide bonds. The van der Waals surface area contributed by atoms with Gasteiger partial charge in [-0.2, -0.15) is 11.8 Å². The van der Waals surface area contributed by atoms with E-state index in [1.807, 2.05) is 11.8 Å². The van der Waals surface area contributed by atoms with E-state index < -0.39 is 0 Å². The van der Waals surface area contributed by atoms with Gasteiger partial charge in [0, 0.05) is 48.5 Å². The van der Waals surface area contributed by atoms with Crippen LogP contribution < -0.4 is 4.90 Å². The molecule has 0 N–H and O–H groups in total. The Morgan fingerprint density at radius 3 is 2.30 bits per heavy atom. The summed E-state index contributed by atoms with van der Waals surface area (Å²) >= 11 is 1.97. The molecule has 0 spiro atoms. The molecule has 112 valence electrons. The van der Waals surface area contributed by atoms with Crippen LogP contribution in [0.4, 0.5) is 5.69 Å². The largest absolute Gasteiger partial charge is 0.369 e. The van der Waals surface area contributed by atoms with Crippen molar-refractivity contribution >= 4 is 17.4 Å². The molecule has 0 aromatic carbocycles.